The van der Waals surface area contributed by atoms with E-state index in [1.54, 1.807) is 4.91 Å². The molecule has 0 saturated carbocycles. The van der Waals surface area contributed by atoms with Crippen molar-refractivity contribution in [2.75, 3.05) is 6.26 Å². The van der Waals surface area contributed by atoms with Crippen LogP contribution in [0.15, 0.2) is 52.3 Å². The highest BCUT2D eigenvalue weighted by atomic mass is 32.2. The Morgan fingerprint density at radius 1 is 1.30 bits per heavy atom. The standard InChI is InChI=1S/C18H22S2/c1-4-8-14-10-6-7-11-15(14)16-12-13-17(19-3)18(20-16)9-5-2/h4,6-8,10-13,16H,5,9H2,1-3H3/b8-4+. The fourth-order valence-corrected chi connectivity index (χ4v) is 4.63. The second-order valence-electron chi connectivity index (χ2n) is 4.77. The predicted octanol–water partition coefficient (Wildman–Crippen LogP) is 6.44. The Morgan fingerprint density at radius 2 is 2.10 bits per heavy atom. The number of allylic oxidation sites excluding steroid dienone is 3. The number of rotatable bonds is 5. The molecule has 1 atom stereocenters. The molecule has 0 aromatic heterocycles. The summed E-state index contributed by atoms with van der Waals surface area (Å²) in [5.41, 5.74) is 2.75. The van der Waals surface area contributed by atoms with Crippen LogP contribution in [0.2, 0.25) is 0 Å². The molecule has 2 rings (SSSR count). The third-order valence-electron chi connectivity index (χ3n) is 3.31. The Labute approximate surface area is 131 Å². The van der Waals surface area contributed by atoms with Gasteiger partial charge in [-0.2, -0.15) is 0 Å². The monoisotopic (exact) mass is 302 g/mol. The molecule has 0 radical (unpaired) electrons. The van der Waals surface area contributed by atoms with Crippen molar-refractivity contribution >= 4 is 29.6 Å². The zero-order valence-electron chi connectivity index (χ0n) is 12.4. The summed E-state index contributed by atoms with van der Waals surface area (Å²) >= 11 is 3.88. The highest BCUT2D eigenvalue weighted by Gasteiger charge is 2.19. The first kappa shape index (κ1) is 15.5. The van der Waals surface area contributed by atoms with Gasteiger partial charge in [-0.1, -0.05) is 61.9 Å². The molecule has 0 N–H and O–H groups in total. The van der Waals surface area contributed by atoms with E-state index < -0.39 is 0 Å². The van der Waals surface area contributed by atoms with Crippen molar-refractivity contribution in [1.29, 1.82) is 0 Å². The van der Waals surface area contributed by atoms with Gasteiger partial charge in [-0.25, -0.2) is 0 Å². The van der Waals surface area contributed by atoms with Gasteiger partial charge >= 0.3 is 0 Å². The molecular formula is C18H22S2. The summed E-state index contributed by atoms with van der Waals surface area (Å²) in [7, 11) is 0. The molecule has 1 aromatic rings. The summed E-state index contributed by atoms with van der Waals surface area (Å²) in [6.07, 6.45) is 13.5. The molecule has 1 unspecified atom stereocenters. The molecule has 2 heteroatoms. The second-order valence-corrected chi connectivity index (χ2v) is 6.85. The van der Waals surface area contributed by atoms with Crippen molar-refractivity contribution in [2.24, 2.45) is 0 Å². The maximum Gasteiger partial charge on any atom is 0.0531 e. The molecule has 1 heterocycles. The first-order valence-electron chi connectivity index (χ1n) is 7.13. The molecule has 0 fully saturated rings. The van der Waals surface area contributed by atoms with Crippen LogP contribution < -0.4 is 0 Å². The van der Waals surface area contributed by atoms with Gasteiger partial charge in [-0.05, 0) is 35.6 Å². The number of hydrogen-bond acceptors (Lipinski definition) is 2. The van der Waals surface area contributed by atoms with Crippen LogP contribution in [0, 0.1) is 0 Å². The first-order chi connectivity index (χ1) is 9.80. The Hall–Kier alpha value is -0.860. The van der Waals surface area contributed by atoms with Gasteiger partial charge in [0.25, 0.3) is 0 Å². The smallest absolute Gasteiger partial charge is 0.0531 e. The minimum absolute atomic E-state index is 0.444. The van der Waals surface area contributed by atoms with Crippen molar-refractivity contribution in [3.8, 4) is 0 Å². The molecule has 1 aliphatic rings. The van der Waals surface area contributed by atoms with E-state index in [2.05, 4.69) is 68.7 Å². The number of benzene rings is 1. The third-order valence-corrected chi connectivity index (χ3v) is 5.64. The lowest BCUT2D eigenvalue weighted by Gasteiger charge is -2.23. The predicted molar refractivity (Wildman–Crippen MR) is 96.1 cm³/mol. The van der Waals surface area contributed by atoms with Gasteiger partial charge in [0.15, 0.2) is 0 Å². The van der Waals surface area contributed by atoms with Crippen LogP contribution in [0.4, 0.5) is 0 Å². The molecule has 20 heavy (non-hydrogen) atoms. The fraction of sp³-hybridized carbons (Fsp3) is 0.333. The topological polar surface area (TPSA) is 0 Å². The van der Waals surface area contributed by atoms with Crippen molar-refractivity contribution in [3.05, 3.63) is 63.4 Å². The third kappa shape index (κ3) is 3.62. The number of thioether (sulfide) groups is 2. The van der Waals surface area contributed by atoms with Gasteiger partial charge in [0.1, 0.15) is 0 Å². The second kappa shape index (κ2) is 7.80. The van der Waals surface area contributed by atoms with Crippen LogP contribution in [0.25, 0.3) is 6.08 Å². The minimum Gasteiger partial charge on any atom is -0.129 e. The molecule has 1 aromatic carbocycles. The quantitative estimate of drug-likeness (QED) is 0.614. The van der Waals surface area contributed by atoms with Crippen molar-refractivity contribution in [2.45, 2.75) is 31.9 Å². The van der Waals surface area contributed by atoms with E-state index in [0.29, 0.717) is 5.25 Å². The van der Waals surface area contributed by atoms with Crippen molar-refractivity contribution in [1.82, 2.24) is 0 Å². The van der Waals surface area contributed by atoms with E-state index in [4.69, 9.17) is 0 Å². The summed E-state index contributed by atoms with van der Waals surface area (Å²) in [6, 6.07) is 8.72. The Bertz CT molecular complexity index is 538. The molecule has 0 nitrogen and oxygen atoms in total. The molecule has 0 saturated heterocycles. The van der Waals surface area contributed by atoms with E-state index in [-0.39, 0.29) is 0 Å². The van der Waals surface area contributed by atoms with E-state index in [1.165, 1.54) is 28.9 Å². The van der Waals surface area contributed by atoms with Gasteiger partial charge in [-0.3, -0.25) is 0 Å². The van der Waals surface area contributed by atoms with Crippen molar-refractivity contribution in [3.63, 3.8) is 0 Å². The molecule has 0 spiro atoms. The van der Waals surface area contributed by atoms with E-state index in [0.717, 1.165) is 0 Å². The van der Waals surface area contributed by atoms with Crippen LogP contribution >= 0.6 is 23.5 Å². The fourth-order valence-electron chi connectivity index (χ4n) is 2.38. The molecule has 0 bridgehead atoms. The van der Waals surface area contributed by atoms with Crippen LogP contribution in [0.1, 0.15) is 43.1 Å². The first-order valence-corrected chi connectivity index (χ1v) is 9.24. The summed E-state index contributed by atoms with van der Waals surface area (Å²) in [4.78, 5) is 2.99. The van der Waals surface area contributed by atoms with Gasteiger partial charge in [0, 0.05) is 4.91 Å². The maximum atomic E-state index is 2.35. The minimum atomic E-state index is 0.444. The average Bonchev–Trinajstić information content (AvgIpc) is 2.48. The van der Waals surface area contributed by atoms with Gasteiger partial charge in [0.05, 0.1) is 5.25 Å². The molecule has 1 aliphatic heterocycles. The SMILES string of the molecule is C/C=C/c1ccccc1C1C=CC(SC)=C(CCC)S1. The van der Waals surface area contributed by atoms with E-state index in [9.17, 15) is 0 Å². The highest BCUT2D eigenvalue weighted by molar-refractivity contribution is 8.06. The Kier molecular flexibility index (Phi) is 6.06. The lowest BCUT2D eigenvalue weighted by atomic mass is 10.0. The van der Waals surface area contributed by atoms with Crippen LogP contribution in [0.5, 0.6) is 0 Å². The average molecular weight is 303 g/mol. The van der Waals surface area contributed by atoms with E-state index in [1.807, 2.05) is 23.5 Å². The largest absolute Gasteiger partial charge is 0.129 e. The number of hydrogen-bond donors (Lipinski definition) is 0. The summed E-state index contributed by atoms with van der Waals surface area (Å²) in [5, 5.41) is 0.444. The Balaban J connectivity index is 2.29. The maximum absolute atomic E-state index is 2.35. The molecule has 0 aliphatic carbocycles. The van der Waals surface area contributed by atoms with Crippen LogP contribution in [0.3, 0.4) is 0 Å². The zero-order chi connectivity index (χ0) is 14.4. The molecule has 0 amide bonds. The highest BCUT2D eigenvalue weighted by Crippen LogP contribution is 2.46. The lowest BCUT2D eigenvalue weighted by molar-refractivity contribution is 0.942. The lowest BCUT2D eigenvalue weighted by Crippen LogP contribution is -1.99. The zero-order valence-corrected chi connectivity index (χ0v) is 14.1. The summed E-state index contributed by atoms with van der Waals surface area (Å²) in [6.45, 7) is 4.33. The normalized spacial score (nSPS) is 19.1. The summed E-state index contributed by atoms with van der Waals surface area (Å²) < 4.78 is 0. The van der Waals surface area contributed by atoms with Gasteiger partial charge in [0.2, 0.25) is 0 Å². The van der Waals surface area contributed by atoms with Gasteiger partial charge < -0.3 is 0 Å². The summed E-state index contributed by atoms with van der Waals surface area (Å²) in [5.74, 6) is 0. The van der Waals surface area contributed by atoms with Crippen LogP contribution in [-0.2, 0) is 0 Å². The van der Waals surface area contributed by atoms with E-state index >= 15 is 0 Å². The Morgan fingerprint density at radius 3 is 2.80 bits per heavy atom. The molecule has 106 valence electrons. The van der Waals surface area contributed by atoms with Crippen LogP contribution in [-0.4, -0.2) is 6.26 Å². The van der Waals surface area contributed by atoms with Gasteiger partial charge in [-0.15, -0.1) is 23.5 Å². The molecular weight excluding hydrogens is 280 g/mol. The van der Waals surface area contributed by atoms with Crippen molar-refractivity contribution < 1.29 is 0 Å².